The Bertz CT molecular complexity index is 637. The number of aromatic nitrogens is 1. The molecule has 0 saturated carbocycles. The number of anilines is 1. The molecule has 0 aromatic carbocycles. The van der Waals surface area contributed by atoms with Crippen molar-refractivity contribution >= 4 is 11.5 Å². The lowest BCUT2D eigenvalue weighted by Gasteiger charge is -2.35. The molecule has 8 heteroatoms. The Morgan fingerprint density at radius 1 is 1.43 bits per heavy atom. The summed E-state index contributed by atoms with van der Waals surface area (Å²) in [6.45, 7) is 7.24. The standard InChI is InChI=1S/C15H21N3O5/c1-14(2,19)15(3)9-10-8-11(18(20)21)12(16-13(10)23-15)17-4-6-22-7-5-17/h8,19H,4-7,9H2,1-3H3. The van der Waals surface area contributed by atoms with Gasteiger partial charge in [0.25, 0.3) is 0 Å². The zero-order chi connectivity index (χ0) is 16.8. The zero-order valence-corrected chi connectivity index (χ0v) is 13.5. The van der Waals surface area contributed by atoms with E-state index in [9.17, 15) is 15.2 Å². The lowest BCUT2D eigenvalue weighted by molar-refractivity contribution is -0.384. The van der Waals surface area contributed by atoms with Crippen molar-refractivity contribution in [3.8, 4) is 5.88 Å². The lowest BCUT2D eigenvalue weighted by Crippen LogP contribution is -2.51. The normalized spacial score (nSPS) is 24.3. The van der Waals surface area contributed by atoms with Crippen molar-refractivity contribution in [2.75, 3.05) is 31.2 Å². The van der Waals surface area contributed by atoms with Gasteiger partial charge in [-0.15, -0.1) is 0 Å². The van der Waals surface area contributed by atoms with Gasteiger partial charge in [-0.25, -0.2) is 0 Å². The van der Waals surface area contributed by atoms with Gasteiger partial charge in [0.05, 0.1) is 23.7 Å². The van der Waals surface area contributed by atoms with Crippen LogP contribution in [0.15, 0.2) is 6.07 Å². The number of fused-ring (bicyclic) bond motifs is 1. The molecular weight excluding hydrogens is 302 g/mol. The van der Waals surface area contributed by atoms with Gasteiger partial charge in [-0.1, -0.05) is 0 Å². The minimum atomic E-state index is -1.10. The maximum atomic E-state index is 11.4. The zero-order valence-electron chi connectivity index (χ0n) is 13.5. The van der Waals surface area contributed by atoms with Crippen molar-refractivity contribution in [3.63, 3.8) is 0 Å². The highest BCUT2D eigenvalue weighted by Crippen LogP contribution is 2.43. The molecule has 0 amide bonds. The van der Waals surface area contributed by atoms with E-state index < -0.39 is 16.1 Å². The SMILES string of the molecule is CC(C)(O)C1(C)Cc2cc([N+](=O)[O-])c(N3CCOCC3)nc2O1. The Labute approximate surface area is 134 Å². The Kier molecular flexibility index (Phi) is 3.68. The van der Waals surface area contributed by atoms with Crippen LogP contribution < -0.4 is 9.64 Å². The fraction of sp³-hybridized carbons (Fsp3) is 0.667. The first kappa shape index (κ1) is 15.9. The molecule has 126 valence electrons. The van der Waals surface area contributed by atoms with E-state index >= 15 is 0 Å². The largest absolute Gasteiger partial charge is 0.468 e. The second-order valence-corrected chi connectivity index (χ2v) is 6.72. The van der Waals surface area contributed by atoms with Crippen molar-refractivity contribution in [1.82, 2.24) is 4.98 Å². The van der Waals surface area contributed by atoms with Gasteiger partial charge < -0.3 is 19.5 Å². The van der Waals surface area contributed by atoms with Crippen molar-refractivity contribution in [3.05, 3.63) is 21.7 Å². The highest BCUT2D eigenvalue weighted by molar-refractivity contribution is 5.62. The van der Waals surface area contributed by atoms with Crippen LogP contribution in [0.25, 0.3) is 0 Å². The van der Waals surface area contributed by atoms with Crippen molar-refractivity contribution in [2.45, 2.75) is 38.4 Å². The summed E-state index contributed by atoms with van der Waals surface area (Å²) in [7, 11) is 0. The molecule has 3 heterocycles. The molecule has 0 radical (unpaired) electrons. The van der Waals surface area contributed by atoms with E-state index in [2.05, 4.69) is 4.98 Å². The summed E-state index contributed by atoms with van der Waals surface area (Å²) in [5.41, 5.74) is -1.34. The Balaban J connectivity index is 2.01. The van der Waals surface area contributed by atoms with Crippen molar-refractivity contribution in [2.24, 2.45) is 0 Å². The van der Waals surface area contributed by atoms with Gasteiger partial charge >= 0.3 is 5.69 Å². The molecule has 1 unspecified atom stereocenters. The lowest BCUT2D eigenvalue weighted by atomic mass is 9.84. The number of hydrogen-bond acceptors (Lipinski definition) is 7. The number of aliphatic hydroxyl groups is 1. The van der Waals surface area contributed by atoms with Gasteiger partial charge in [-0.3, -0.25) is 10.1 Å². The van der Waals surface area contributed by atoms with E-state index in [0.717, 1.165) is 0 Å². The van der Waals surface area contributed by atoms with Crippen LogP contribution in [0.1, 0.15) is 26.3 Å². The van der Waals surface area contributed by atoms with Gasteiger partial charge in [0.15, 0.2) is 0 Å². The summed E-state index contributed by atoms with van der Waals surface area (Å²) in [6, 6.07) is 1.52. The molecule has 3 rings (SSSR count). The fourth-order valence-electron chi connectivity index (χ4n) is 2.83. The summed E-state index contributed by atoms with van der Waals surface area (Å²) in [6.07, 6.45) is 0.378. The molecule has 23 heavy (non-hydrogen) atoms. The number of hydrogen-bond donors (Lipinski definition) is 1. The first-order valence-corrected chi connectivity index (χ1v) is 7.64. The third-order valence-corrected chi connectivity index (χ3v) is 4.67. The van der Waals surface area contributed by atoms with E-state index in [4.69, 9.17) is 9.47 Å². The van der Waals surface area contributed by atoms with Gasteiger partial charge in [-0.2, -0.15) is 4.98 Å². The predicted octanol–water partition coefficient (Wildman–Crippen LogP) is 1.29. The third-order valence-electron chi connectivity index (χ3n) is 4.67. The Morgan fingerprint density at radius 3 is 2.65 bits per heavy atom. The molecule has 1 saturated heterocycles. The number of rotatable bonds is 3. The molecule has 1 atom stereocenters. The third kappa shape index (κ3) is 2.72. The van der Waals surface area contributed by atoms with E-state index in [1.165, 1.54) is 6.07 Å². The van der Waals surface area contributed by atoms with Crippen LogP contribution in [-0.2, 0) is 11.2 Å². The summed E-state index contributed by atoms with van der Waals surface area (Å²) < 4.78 is 11.2. The van der Waals surface area contributed by atoms with E-state index in [1.807, 2.05) is 4.90 Å². The van der Waals surface area contributed by atoms with Crippen LogP contribution in [0.3, 0.4) is 0 Å². The summed E-state index contributed by atoms with van der Waals surface area (Å²) in [4.78, 5) is 17.3. The van der Waals surface area contributed by atoms with Gasteiger partial charge in [-0.05, 0) is 20.8 Å². The highest BCUT2D eigenvalue weighted by Gasteiger charge is 2.48. The number of pyridine rings is 1. The second-order valence-electron chi connectivity index (χ2n) is 6.72. The average molecular weight is 323 g/mol. The maximum Gasteiger partial charge on any atom is 0.312 e. The minimum absolute atomic E-state index is 0.0331. The van der Waals surface area contributed by atoms with E-state index in [-0.39, 0.29) is 5.69 Å². The van der Waals surface area contributed by atoms with E-state index in [0.29, 0.717) is 50.0 Å². The molecule has 0 bridgehead atoms. The molecule has 1 fully saturated rings. The summed E-state index contributed by atoms with van der Waals surface area (Å²) >= 11 is 0. The number of nitro groups is 1. The molecule has 2 aliphatic heterocycles. The van der Waals surface area contributed by atoms with Crippen molar-refractivity contribution in [1.29, 1.82) is 0 Å². The fourth-order valence-corrected chi connectivity index (χ4v) is 2.83. The molecule has 1 N–H and O–H groups in total. The van der Waals surface area contributed by atoms with Crippen LogP contribution in [0.5, 0.6) is 5.88 Å². The molecule has 0 spiro atoms. The molecule has 1 aromatic rings. The number of nitrogens with zero attached hydrogens (tertiary/aromatic N) is 3. The molecular formula is C15H21N3O5. The topological polar surface area (TPSA) is 98.0 Å². The molecule has 0 aliphatic carbocycles. The monoisotopic (exact) mass is 323 g/mol. The van der Waals surface area contributed by atoms with Gasteiger partial charge in [0.1, 0.15) is 5.60 Å². The summed E-state index contributed by atoms with van der Waals surface area (Å²) in [5, 5.41) is 21.8. The second kappa shape index (κ2) is 5.31. The molecule has 2 aliphatic rings. The maximum absolute atomic E-state index is 11.4. The summed E-state index contributed by atoms with van der Waals surface area (Å²) in [5.74, 6) is 0.666. The van der Waals surface area contributed by atoms with Crippen LogP contribution in [0, 0.1) is 10.1 Å². The van der Waals surface area contributed by atoms with Gasteiger partial charge in [0.2, 0.25) is 11.7 Å². The van der Waals surface area contributed by atoms with Crippen molar-refractivity contribution < 1.29 is 19.5 Å². The Morgan fingerprint density at radius 2 is 2.09 bits per heavy atom. The number of ether oxygens (including phenoxy) is 2. The first-order chi connectivity index (χ1) is 10.7. The van der Waals surface area contributed by atoms with Crippen LogP contribution in [0.4, 0.5) is 11.5 Å². The average Bonchev–Trinajstić information content (AvgIpc) is 2.83. The molecule has 1 aromatic heterocycles. The number of morpholine rings is 1. The smallest absolute Gasteiger partial charge is 0.312 e. The first-order valence-electron chi connectivity index (χ1n) is 7.64. The van der Waals surface area contributed by atoms with Crippen LogP contribution in [-0.4, -0.2) is 52.5 Å². The Hall–Kier alpha value is -1.93. The minimum Gasteiger partial charge on any atom is -0.468 e. The predicted molar refractivity (Wildman–Crippen MR) is 83.0 cm³/mol. The van der Waals surface area contributed by atoms with Gasteiger partial charge in [0, 0.05) is 31.1 Å². The molecule has 8 nitrogen and oxygen atoms in total. The highest BCUT2D eigenvalue weighted by atomic mass is 16.6. The van der Waals surface area contributed by atoms with Crippen LogP contribution in [0.2, 0.25) is 0 Å². The quantitative estimate of drug-likeness (QED) is 0.661. The van der Waals surface area contributed by atoms with Crippen LogP contribution >= 0.6 is 0 Å². The van der Waals surface area contributed by atoms with E-state index in [1.54, 1.807) is 20.8 Å².